The van der Waals surface area contributed by atoms with Crippen LogP contribution >= 0.6 is 11.3 Å². The maximum atomic E-state index is 5.83. The first-order valence-corrected chi connectivity index (χ1v) is 8.28. The summed E-state index contributed by atoms with van der Waals surface area (Å²) in [7, 11) is 0. The van der Waals surface area contributed by atoms with Crippen molar-refractivity contribution >= 4 is 11.3 Å². The van der Waals surface area contributed by atoms with Gasteiger partial charge < -0.3 is 13.7 Å². The zero-order valence-corrected chi connectivity index (χ0v) is 13.5. The molecular formula is C15H16N4O3S. The summed E-state index contributed by atoms with van der Waals surface area (Å²) >= 11 is 1.64. The molecule has 120 valence electrons. The molecule has 1 saturated heterocycles. The summed E-state index contributed by atoms with van der Waals surface area (Å²) < 4.78 is 16.4. The van der Waals surface area contributed by atoms with Crippen LogP contribution in [-0.2, 0) is 11.3 Å². The molecule has 4 heterocycles. The van der Waals surface area contributed by atoms with E-state index in [0.717, 1.165) is 23.8 Å². The summed E-state index contributed by atoms with van der Waals surface area (Å²) in [6, 6.07) is 3.61. The van der Waals surface area contributed by atoms with Crippen molar-refractivity contribution in [2.45, 2.75) is 19.6 Å². The Bertz CT molecular complexity index is 767. The molecule has 1 aliphatic heterocycles. The zero-order valence-electron chi connectivity index (χ0n) is 12.6. The van der Waals surface area contributed by atoms with Crippen LogP contribution < -0.4 is 0 Å². The fourth-order valence-corrected chi connectivity index (χ4v) is 3.37. The molecule has 1 aliphatic rings. The molecule has 0 unspecified atom stereocenters. The topological polar surface area (TPSA) is 77.4 Å². The number of hydrogen-bond donors (Lipinski definition) is 0. The van der Waals surface area contributed by atoms with Gasteiger partial charge in [-0.2, -0.15) is 4.98 Å². The second-order valence-electron chi connectivity index (χ2n) is 5.41. The number of rotatable bonds is 4. The molecule has 8 heteroatoms. The highest BCUT2D eigenvalue weighted by Gasteiger charge is 2.25. The van der Waals surface area contributed by atoms with Crippen LogP contribution in [-0.4, -0.2) is 39.7 Å². The Balaban J connectivity index is 1.42. The zero-order chi connectivity index (χ0) is 15.6. The number of hydrogen-bond acceptors (Lipinski definition) is 8. The van der Waals surface area contributed by atoms with Crippen molar-refractivity contribution in [1.29, 1.82) is 0 Å². The predicted octanol–water partition coefficient (Wildman–Crippen LogP) is 2.67. The molecule has 0 radical (unpaired) electrons. The van der Waals surface area contributed by atoms with Gasteiger partial charge in [0.05, 0.1) is 19.4 Å². The average Bonchev–Trinajstić information content (AvgIpc) is 3.28. The van der Waals surface area contributed by atoms with Gasteiger partial charge in [0.1, 0.15) is 11.1 Å². The quantitative estimate of drug-likeness (QED) is 0.727. The molecule has 0 N–H and O–H groups in total. The van der Waals surface area contributed by atoms with E-state index in [4.69, 9.17) is 13.7 Å². The van der Waals surface area contributed by atoms with E-state index in [9.17, 15) is 0 Å². The largest absolute Gasteiger partial charge is 0.461 e. The average molecular weight is 332 g/mol. The smallest absolute Gasteiger partial charge is 0.241 e. The molecule has 0 aromatic carbocycles. The van der Waals surface area contributed by atoms with E-state index < -0.39 is 0 Å². The molecule has 4 rings (SSSR count). The molecule has 3 aromatic rings. The normalized spacial score (nSPS) is 19.3. The summed E-state index contributed by atoms with van der Waals surface area (Å²) in [5.41, 5.74) is 1.03. The van der Waals surface area contributed by atoms with Crippen molar-refractivity contribution in [1.82, 2.24) is 20.0 Å². The maximum absolute atomic E-state index is 5.83. The minimum absolute atomic E-state index is 0.00918. The third-order valence-corrected chi connectivity index (χ3v) is 4.69. The van der Waals surface area contributed by atoms with Crippen LogP contribution in [0.15, 0.2) is 32.7 Å². The van der Waals surface area contributed by atoms with Crippen LogP contribution in [0.3, 0.4) is 0 Å². The Morgan fingerprint density at radius 2 is 2.35 bits per heavy atom. The lowest BCUT2D eigenvalue weighted by atomic mass is 10.3. The van der Waals surface area contributed by atoms with Crippen LogP contribution in [0.2, 0.25) is 0 Å². The third kappa shape index (κ3) is 3.19. The Morgan fingerprint density at radius 1 is 1.39 bits per heavy atom. The lowest BCUT2D eigenvalue weighted by Crippen LogP contribution is -2.37. The van der Waals surface area contributed by atoms with Crippen molar-refractivity contribution < 1.29 is 13.7 Å². The molecule has 7 nitrogen and oxygen atoms in total. The minimum Gasteiger partial charge on any atom is -0.461 e. The van der Waals surface area contributed by atoms with E-state index in [1.165, 1.54) is 0 Å². The summed E-state index contributed by atoms with van der Waals surface area (Å²) in [6.07, 6.45) is 1.60. The lowest BCUT2D eigenvalue weighted by molar-refractivity contribution is -0.0357. The predicted molar refractivity (Wildman–Crippen MR) is 82.8 cm³/mol. The number of furan rings is 1. The van der Waals surface area contributed by atoms with Crippen LogP contribution in [0.25, 0.3) is 11.6 Å². The Hall–Kier alpha value is -2.03. The molecule has 0 spiro atoms. The first kappa shape index (κ1) is 14.6. The number of morpholine rings is 1. The van der Waals surface area contributed by atoms with E-state index in [2.05, 4.69) is 20.0 Å². The first-order valence-electron chi connectivity index (χ1n) is 7.40. The summed E-state index contributed by atoms with van der Waals surface area (Å²) in [6.45, 7) is 4.86. The van der Waals surface area contributed by atoms with Gasteiger partial charge in [0.25, 0.3) is 0 Å². The van der Waals surface area contributed by atoms with Crippen molar-refractivity contribution in [2.75, 3.05) is 19.7 Å². The lowest BCUT2D eigenvalue weighted by Gasteiger charge is -2.30. The fourth-order valence-electron chi connectivity index (χ4n) is 2.53. The van der Waals surface area contributed by atoms with Crippen LogP contribution in [0.4, 0.5) is 0 Å². The standard InChI is InChI=1S/C15H16N4O3S/c1-10-9-23-15(16-10)12-7-19(4-6-21-12)8-13-17-14(18-22-13)11-3-2-5-20-11/h2-3,5,9,12H,4,6-8H2,1H3/t12-/m0/s1. The first-order chi connectivity index (χ1) is 11.3. The Kier molecular flexibility index (Phi) is 3.94. The molecule has 1 fully saturated rings. The number of nitrogens with zero attached hydrogens (tertiary/aromatic N) is 4. The molecule has 0 saturated carbocycles. The van der Waals surface area contributed by atoms with Gasteiger partial charge in [0.2, 0.25) is 11.7 Å². The molecule has 3 aromatic heterocycles. The molecule has 0 aliphatic carbocycles. The molecule has 0 amide bonds. The molecule has 23 heavy (non-hydrogen) atoms. The van der Waals surface area contributed by atoms with Gasteiger partial charge in [-0.3, -0.25) is 4.90 Å². The highest BCUT2D eigenvalue weighted by atomic mass is 32.1. The highest BCUT2D eigenvalue weighted by Crippen LogP contribution is 2.26. The van der Waals surface area contributed by atoms with Gasteiger partial charge in [-0.1, -0.05) is 5.16 Å². The highest BCUT2D eigenvalue weighted by molar-refractivity contribution is 7.09. The van der Waals surface area contributed by atoms with Gasteiger partial charge in [-0.05, 0) is 19.1 Å². The second kappa shape index (κ2) is 6.23. The van der Waals surface area contributed by atoms with E-state index >= 15 is 0 Å². The van der Waals surface area contributed by atoms with Crippen LogP contribution in [0, 0.1) is 6.92 Å². The van der Waals surface area contributed by atoms with Crippen molar-refractivity contribution in [3.63, 3.8) is 0 Å². The third-order valence-electron chi connectivity index (χ3n) is 3.63. The summed E-state index contributed by atoms with van der Waals surface area (Å²) in [5, 5.41) is 7.03. The molecular weight excluding hydrogens is 316 g/mol. The Labute approximate surface area is 136 Å². The van der Waals surface area contributed by atoms with Crippen molar-refractivity contribution in [2.24, 2.45) is 0 Å². The fraction of sp³-hybridized carbons (Fsp3) is 0.400. The SMILES string of the molecule is Cc1csc([C@@H]2CN(Cc3nc(-c4ccco4)no3)CCO2)n1. The van der Waals surface area contributed by atoms with E-state index in [1.807, 2.05) is 18.4 Å². The van der Waals surface area contributed by atoms with Gasteiger partial charge in [-0.25, -0.2) is 4.98 Å². The number of aromatic nitrogens is 3. The van der Waals surface area contributed by atoms with Gasteiger partial charge >= 0.3 is 0 Å². The number of thiazole rings is 1. The van der Waals surface area contributed by atoms with E-state index in [1.54, 1.807) is 23.7 Å². The van der Waals surface area contributed by atoms with Crippen LogP contribution in [0.5, 0.6) is 0 Å². The van der Waals surface area contributed by atoms with E-state index in [0.29, 0.717) is 30.6 Å². The van der Waals surface area contributed by atoms with Gasteiger partial charge in [0.15, 0.2) is 5.76 Å². The Morgan fingerprint density at radius 3 is 3.13 bits per heavy atom. The van der Waals surface area contributed by atoms with Crippen LogP contribution in [0.1, 0.15) is 22.7 Å². The van der Waals surface area contributed by atoms with Crippen molar-refractivity contribution in [3.05, 3.63) is 40.4 Å². The monoisotopic (exact) mass is 332 g/mol. The maximum Gasteiger partial charge on any atom is 0.241 e. The van der Waals surface area contributed by atoms with Gasteiger partial charge in [-0.15, -0.1) is 11.3 Å². The summed E-state index contributed by atoms with van der Waals surface area (Å²) in [4.78, 5) is 11.1. The number of ether oxygens (including phenoxy) is 1. The molecule has 0 bridgehead atoms. The summed E-state index contributed by atoms with van der Waals surface area (Å²) in [5.74, 6) is 1.66. The van der Waals surface area contributed by atoms with E-state index in [-0.39, 0.29) is 6.10 Å². The van der Waals surface area contributed by atoms with Crippen molar-refractivity contribution in [3.8, 4) is 11.6 Å². The second-order valence-corrected chi connectivity index (χ2v) is 6.30. The minimum atomic E-state index is 0.00918. The van der Waals surface area contributed by atoms with Gasteiger partial charge in [0, 0.05) is 24.2 Å². The molecule has 1 atom stereocenters. The number of aryl methyl sites for hydroxylation is 1.